The second-order valence-corrected chi connectivity index (χ2v) is 3.20. The van der Waals surface area contributed by atoms with Crippen molar-refractivity contribution in [2.24, 2.45) is 5.84 Å². The number of amides is 1. The van der Waals surface area contributed by atoms with Gasteiger partial charge < -0.3 is 4.74 Å². The Bertz CT molecular complexity index is 301. The number of benzene rings is 1. The largest absolute Gasteiger partial charge is 0.364 e. The van der Waals surface area contributed by atoms with E-state index in [0.717, 1.165) is 5.56 Å². The quantitative estimate of drug-likeness (QED) is 0.430. The number of nitrogens with one attached hydrogen (secondary N) is 1. The van der Waals surface area contributed by atoms with Gasteiger partial charge in [0.1, 0.15) is 6.10 Å². The summed E-state index contributed by atoms with van der Waals surface area (Å²) in [7, 11) is 0. The summed E-state index contributed by atoms with van der Waals surface area (Å²) in [5.41, 5.74) is 3.13. The van der Waals surface area contributed by atoms with Crippen LogP contribution in [0.5, 0.6) is 0 Å². The van der Waals surface area contributed by atoms with Crippen LogP contribution in [-0.4, -0.2) is 12.0 Å². The zero-order valence-electron chi connectivity index (χ0n) is 8.77. The molecule has 1 aromatic carbocycles. The predicted octanol–water partition coefficient (Wildman–Crippen LogP) is 0.972. The maximum atomic E-state index is 11.2. The molecule has 4 heteroatoms. The normalized spacial score (nSPS) is 12.1. The van der Waals surface area contributed by atoms with E-state index in [4.69, 9.17) is 10.6 Å². The molecule has 82 valence electrons. The number of ether oxygens (including phenoxy) is 1. The Hall–Kier alpha value is -1.39. The van der Waals surface area contributed by atoms with Gasteiger partial charge in [0.15, 0.2) is 0 Å². The summed E-state index contributed by atoms with van der Waals surface area (Å²) in [5, 5.41) is 0. The maximum Gasteiger partial charge on any atom is 0.262 e. The molecule has 1 aromatic rings. The molecule has 1 atom stereocenters. The van der Waals surface area contributed by atoms with Crippen LogP contribution in [0.1, 0.15) is 18.9 Å². The van der Waals surface area contributed by atoms with Crippen LogP contribution < -0.4 is 11.3 Å². The van der Waals surface area contributed by atoms with E-state index < -0.39 is 6.10 Å². The number of nitrogens with two attached hydrogens (primary N) is 1. The van der Waals surface area contributed by atoms with Gasteiger partial charge in [-0.1, -0.05) is 37.3 Å². The van der Waals surface area contributed by atoms with Crippen molar-refractivity contribution in [3.8, 4) is 0 Å². The minimum atomic E-state index is -0.477. The fourth-order valence-corrected chi connectivity index (χ4v) is 1.24. The van der Waals surface area contributed by atoms with Gasteiger partial charge in [0, 0.05) is 0 Å². The molecule has 0 radical (unpaired) electrons. The minimum Gasteiger partial charge on any atom is -0.364 e. The first-order chi connectivity index (χ1) is 7.27. The molecule has 0 aliphatic heterocycles. The molecule has 0 saturated heterocycles. The lowest BCUT2D eigenvalue weighted by atomic mass is 10.2. The van der Waals surface area contributed by atoms with Crippen molar-refractivity contribution in [3.63, 3.8) is 0 Å². The summed E-state index contributed by atoms with van der Waals surface area (Å²) in [6.07, 6.45) is 0.130. The third kappa shape index (κ3) is 3.69. The average Bonchev–Trinajstić information content (AvgIpc) is 2.31. The van der Waals surface area contributed by atoms with Crippen LogP contribution >= 0.6 is 0 Å². The Balaban J connectivity index is 2.44. The van der Waals surface area contributed by atoms with Crippen LogP contribution in [0.3, 0.4) is 0 Å². The van der Waals surface area contributed by atoms with Crippen LogP contribution in [0.15, 0.2) is 30.3 Å². The highest BCUT2D eigenvalue weighted by molar-refractivity contribution is 5.79. The molecule has 0 heterocycles. The van der Waals surface area contributed by atoms with E-state index in [1.807, 2.05) is 37.3 Å². The van der Waals surface area contributed by atoms with Crippen molar-refractivity contribution in [2.45, 2.75) is 26.1 Å². The first-order valence-corrected chi connectivity index (χ1v) is 4.94. The Morgan fingerprint density at radius 3 is 2.67 bits per heavy atom. The van der Waals surface area contributed by atoms with Gasteiger partial charge in [-0.3, -0.25) is 10.2 Å². The van der Waals surface area contributed by atoms with Gasteiger partial charge >= 0.3 is 0 Å². The minimum absolute atomic E-state index is 0.284. The van der Waals surface area contributed by atoms with Gasteiger partial charge in [0.2, 0.25) is 0 Å². The molecule has 15 heavy (non-hydrogen) atoms. The number of hydrogen-bond donors (Lipinski definition) is 2. The lowest BCUT2D eigenvalue weighted by Crippen LogP contribution is -2.40. The molecule has 1 rings (SSSR count). The molecule has 0 aromatic heterocycles. The van der Waals surface area contributed by atoms with E-state index in [1.54, 1.807) is 0 Å². The van der Waals surface area contributed by atoms with E-state index in [0.29, 0.717) is 13.0 Å². The van der Waals surface area contributed by atoms with Crippen LogP contribution in [0.25, 0.3) is 0 Å². The third-order valence-electron chi connectivity index (χ3n) is 2.10. The summed E-state index contributed by atoms with van der Waals surface area (Å²) >= 11 is 0. The predicted molar refractivity (Wildman–Crippen MR) is 57.6 cm³/mol. The van der Waals surface area contributed by atoms with Crippen molar-refractivity contribution >= 4 is 5.91 Å². The summed E-state index contributed by atoms with van der Waals surface area (Å²) < 4.78 is 5.44. The average molecular weight is 208 g/mol. The van der Waals surface area contributed by atoms with Crippen molar-refractivity contribution in [1.82, 2.24) is 5.43 Å². The number of rotatable bonds is 5. The molecular weight excluding hydrogens is 192 g/mol. The number of hydrogen-bond acceptors (Lipinski definition) is 3. The summed E-state index contributed by atoms with van der Waals surface area (Å²) in [5.74, 6) is 4.75. The fraction of sp³-hybridized carbons (Fsp3) is 0.364. The first kappa shape index (κ1) is 11.7. The Kier molecular flexibility index (Phi) is 4.80. The first-order valence-electron chi connectivity index (χ1n) is 4.94. The van der Waals surface area contributed by atoms with Crippen molar-refractivity contribution in [3.05, 3.63) is 35.9 Å². The highest BCUT2D eigenvalue weighted by Gasteiger charge is 2.15. The molecule has 0 saturated carbocycles. The summed E-state index contributed by atoms with van der Waals surface area (Å²) in [4.78, 5) is 11.2. The van der Waals surface area contributed by atoms with Gasteiger partial charge in [-0.2, -0.15) is 0 Å². The second-order valence-electron chi connectivity index (χ2n) is 3.20. The van der Waals surface area contributed by atoms with Crippen LogP contribution in [0.2, 0.25) is 0 Å². The van der Waals surface area contributed by atoms with Gasteiger partial charge in [-0.05, 0) is 12.0 Å². The van der Waals surface area contributed by atoms with Gasteiger partial charge in [-0.25, -0.2) is 5.84 Å². The highest BCUT2D eigenvalue weighted by atomic mass is 16.5. The molecule has 0 spiro atoms. The monoisotopic (exact) mass is 208 g/mol. The zero-order chi connectivity index (χ0) is 11.1. The topological polar surface area (TPSA) is 64.3 Å². The SMILES string of the molecule is CCC(OCc1ccccc1)C(=O)NN. The molecule has 0 fully saturated rings. The third-order valence-corrected chi connectivity index (χ3v) is 2.10. The van der Waals surface area contributed by atoms with E-state index >= 15 is 0 Å². The summed E-state index contributed by atoms with van der Waals surface area (Å²) in [6.45, 7) is 2.30. The molecule has 1 unspecified atom stereocenters. The van der Waals surface area contributed by atoms with E-state index in [9.17, 15) is 4.79 Å². The van der Waals surface area contributed by atoms with Crippen LogP contribution in [0, 0.1) is 0 Å². The Morgan fingerprint density at radius 1 is 1.47 bits per heavy atom. The number of carbonyl (C=O) groups excluding carboxylic acids is 1. The lowest BCUT2D eigenvalue weighted by molar-refractivity contribution is -0.133. The Morgan fingerprint density at radius 2 is 2.13 bits per heavy atom. The standard InChI is InChI=1S/C11H16N2O2/c1-2-10(11(14)13-12)15-8-9-6-4-3-5-7-9/h3-7,10H,2,8,12H2,1H3,(H,13,14). The van der Waals surface area contributed by atoms with Crippen molar-refractivity contribution < 1.29 is 9.53 Å². The zero-order valence-corrected chi connectivity index (χ0v) is 8.77. The smallest absolute Gasteiger partial charge is 0.262 e. The van der Waals surface area contributed by atoms with Crippen LogP contribution in [0.4, 0.5) is 0 Å². The summed E-state index contributed by atoms with van der Waals surface area (Å²) in [6, 6.07) is 9.71. The molecule has 0 aliphatic carbocycles. The molecule has 0 bridgehead atoms. The van der Waals surface area contributed by atoms with E-state index in [1.165, 1.54) is 0 Å². The van der Waals surface area contributed by atoms with E-state index in [2.05, 4.69) is 5.43 Å². The molecule has 1 amide bonds. The van der Waals surface area contributed by atoms with Gasteiger partial charge in [-0.15, -0.1) is 0 Å². The number of carbonyl (C=O) groups is 1. The van der Waals surface area contributed by atoms with E-state index in [-0.39, 0.29) is 5.91 Å². The molecular formula is C11H16N2O2. The maximum absolute atomic E-state index is 11.2. The molecule has 0 aliphatic rings. The number of hydrazine groups is 1. The van der Waals surface area contributed by atoms with Gasteiger partial charge in [0.05, 0.1) is 6.61 Å². The molecule has 3 N–H and O–H groups in total. The lowest BCUT2D eigenvalue weighted by Gasteiger charge is -2.13. The second kappa shape index (κ2) is 6.16. The fourth-order valence-electron chi connectivity index (χ4n) is 1.24. The van der Waals surface area contributed by atoms with Crippen LogP contribution in [-0.2, 0) is 16.1 Å². The Labute approximate surface area is 89.4 Å². The van der Waals surface area contributed by atoms with Crippen molar-refractivity contribution in [2.75, 3.05) is 0 Å². The molecule has 4 nitrogen and oxygen atoms in total. The highest BCUT2D eigenvalue weighted by Crippen LogP contribution is 2.05. The van der Waals surface area contributed by atoms with Crippen molar-refractivity contribution in [1.29, 1.82) is 0 Å². The van der Waals surface area contributed by atoms with Gasteiger partial charge in [0.25, 0.3) is 5.91 Å².